The lowest BCUT2D eigenvalue weighted by Crippen LogP contribution is -2.39. The zero-order valence-corrected chi connectivity index (χ0v) is 13.9. The second kappa shape index (κ2) is 8.12. The average molecular weight is 320 g/mol. The normalized spacial score (nSPS) is 11.9. The first-order chi connectivity index (χ1) is 10.2. The molecule has 0 amide bonds. The van der Waals surface area contributed by atoms with Crippen LogP contribution in [0.1, 0.15) is 22.0 Å². The van der Waals surface area contributed by atoms with E-state index in [0.29, 0.717) is 18.3 Å². The molecule has 0 aliphatic carbocycles. The van der Waals surface area contributed by atoms with E-state index in [1.807, 2.05) is 0 Å². The molecule has 21 heavy (non-hydrogen) atoms. The SMILES string of the molecule is COCCNC(=S)N[C@@H](c1ccc(C)cc1)c1cccs1. The van der Waals surface area contributed by atoms with Gasteiger partial charge in [0.05, 0.1) is 12.6 Å². The Morgan fingerprint density at radius 2 is 2.05 bits per heavy atom. The Labute approximate surface area is 135 Å². The predicted molar refractivity (Wildman–Crippen MR) is 93.0 cm³/mol. The summed E-state index contributed by atoms with van der Waals surface area (Å²) in [5, 5.41) is 9.27. The molecule has 2 rings (SSSR count). The molecule has 0 fully saturated rings. The maximum absolute atomic E-state index is 5.37. The van der Waals surface area contributed by atoms with E-state index in [-0.39, 0.29) is 6.04 Å². The molecule has 1 aromatic heterocycles. The lowest BCUT2D eigenvalue weighted by Gasteiger charge is -2.20. The minimum atomic E-state index is 0.0770. The number of ether oxygens (including phenoxy) is 1. The molecule has 0 radical (unpaired) electrons. The molecule has 0 aliphatic heterocycles. The molecule has 0 aliphatic rings. The molecule has 1 heterocycles. The van der Waals surface area contributed by atoms with Gasteiger partial charge in [0.15, 0.2) is 5.11 Å². The predicted octanol–water partition coefficient (Wildman–Crippen LogP) is 3.26. The van der Waals surface area contributed by atoms with E-state index in [2.05, 4.69) is 59.3 Å². The molecule has 3 nitrogen and oxygen atoms in total. The van der Waals surface area contributed by atoms with E-state index in [0.717, 1.165) is 0 Å². The van der Waals surface area contributed by atoms with Crippen LogP contribution in [0.5, 0.6) is 0 Å². The molecular formula is C16H20N2OS2. The van der Waals surface area contributed by atoms with Crippen LogP contribution in [0.4, 0.5) is 0 Å². The second-order valence-corrected chi connectivity index (χ2v) is 6.14. The molecule has 0 saturated carbocycles. The number of methoxy groups -OCH3 is 1. The van der Waals surface area contributed by atoms with Gasteiger partial charge < -0.3 is 15.4 Å². The molecule has 2 aromatic rings. The summed E-state index contributed by atoms with van der Waals surface area (Å²) < 4.78 is 5.02. The molecule has 0 spiro atoms. The van der Waals surface area contributed by atoms with Crippen LogP contribution >= 0.6 is 23.6 Å². The van der Waals surface area contributed by atoms with Crippen molar-refractivity contribution in [3.8, 4) is 0 Å². The highest BCUT2D eigenvalue weighted by atomic mass is 32.1. The van der Waals surface area contributed by atoms with E-state index in [1.54, 1.807) is 18.4 Å². The number of hydrogen-bond acceptors (Lipinski definition) is 3. The van der Waals surface area contributed by atoms with Crippen LogP contribution in [-0.2, 0) is 4.74 Å². The molecule has 0 bridgehead atoms. The molecule has 0 saturated heterocycles. The fourth-order valence-corrected chi connectivity index (χ4v) is 3.00. The summed E-state index contributed by atoms with van der Waals surface area (Å²) in [7, 11) is 1.68. The van der Waals surface area contributed by atoms with E-state index in [4.69, 9.17) is 17.0 Å². The monoisotopic (exact) mass is 320 g/mol. The minimum Gasteiger partial charge on any atom is -0.383 e. The van der Waals surface area contributed by atoms with Crippen LogP contribution in [0.15, 0.2) is 41.8 Å². The van der Waals surface area contributed by atoms with Crippen LogP contribution in [-0.4, -0.2) is 25.4 Å². The van der Waals surface area contributed by atoms with Gasteiger partial charge in [-0.25, -0.2) is 0 Å². The van der Waals surface area contributed by atoms with Gasteiger partial charge in [-0.3, -0.25) is 0 Å². The molecule has 1 aromatic carbocycles. The van der Waals surface area contributed by atoms with E-state index in [1.165, 1.54) is 16.0 Å². The summed E-state index contributed by atoms with van der Waals surface area (Å²) >= 11 is 7.10. The third kappa shape index (κ3) is 4.81. The van der Waals surface area contributed by atoms with Gasteiger partial charge in [0.2, 0.25) is 0 Å². The Morgan fingerprint density at radius 3 is 2.67 bits per heavy atom. The molecule has 112 valence electrons. The van der Waals surface area contributed by atoms with Crippen LogP contribution in [0.2, 0.25) is 0 Å². The topological polar surface area (TPSA) is 33.3 Å². The Kier molecular flexibility index (Phi) is 6.17. The van der Waals surface area contributed by atoms with E-state index >= 15 is 0 Å². The van der Waals surface area contributed by atoms with Crippen LogP contribution in [0.25, 0.3) is 0 Å². The minimum absolute atomic E-state index is 0.0770. The quantitative estimate of drug-likeness (QED) is 0.632. The van der Waals surface area contributed by atoms with Gasteiger partial charge in [-0.05, 0) is 36.2 Å². The lowest BCUT2D eigenvalue weighted by molar-refractivity contribution is 0.204. The molecule has 0 unspecified atom stereocenters. The highest BCUT2D eigenvalue weighted by molar-refractivity contribution is 7.80. The third-order valence-corrected chi connectivity index (χ3v) is 4.30. The van der Waals surface area contributed by atoms with Crippen molar-refractivity contribution in [2.24, 2.45) is 0 Å². The molecule has 5 heteroatoms. The average Bonchev–Trinajstić information content (AvgIpc) is 3.00. The van der Waals surface area contributed by atoms with Crippen LogP contribution in [0, 0.1) is 6.92 Å². The summed E-state index contributed by atoms with van der Waals surface area (Å²) in [4.78, 5) is 1.25. The van der Waals surface area contributed by atoms with Gasteiger partial charge in [-0.1, -0.05) is 35.9 Å². The number of rotatable bonds is 6. The van der Waals surface area contributed by atoms with Crippen molar-refractivity contribution in [1.29, 1.82) is 0 Å². The van der Waals surface area contributed by atoms with Gasteiger partial charge in [0.25, 0.3) is 0 Å². The van der Waals surface area contributed by atoms with E-state index in [9.17, 15) is 0 Å². The summed E-state index contributed by atoms with van der Waals surface area (Å²) in [5.74, 6) is 0. The lowest BCUT2D eigenvalue weighted by atomic mass is 10.0. The largest absolute Gasteiger partial charge is 0.383 e. The Morgan fingerprint density at radius 1 is 1.29 bits per heavy atom. The van der Waals surface area contributed by atoms with Crippen molar-refractivity contribution in [1.82, 2.24) is 10.6 Å². The van der Waals surface area contributed by atoms with Crippen molar-refractivity contribution >= 4 is 28.7 Å². The van der Waals surface area contributed by atoms with Gasteiger partial charge >= 0.3 is 0 Å². The number of hydrogen-bond donors (Lipinski definition) is 2. The zero-order chi connectivity index (χ0) is 15.1. The highest BCUT2D eigenvalue weighted by Gasteiger charge is 2.15. The summed E-state index contributed by atoms with van der Waals surface area (Å²) in [6.07, 6.45) is 0. The number of aryl methyl sites for hydroxylation is 1. The Balaban J connectivity index is 2.10. The first-order valence-electron chi connectivity index (χ1n) is 6.84. The maximum Gasteiger partial charge on any atom is 0.167 e. The van der Waals surface area contributed by atoms with Crippen molar-refractivity contribution < 1.29 is 4.74 Å². The standard InChI is InChI=1S/C16H20N2OS2/c1-12-5-7-13(8-6-12)15(14-4-3-11-21-14)18-16(20)17-9-10-19-2/h3-8,11,15H,9-10H2,1-2H3,(H2,17,18,20)/t15-/m0/s1. The molecule has 1 atom stereocenters. The number of nitrogens with one attached hydrogen (secondary N) is 2. The van der Waals surface area contributed by atoms with Gasteiger partial charge in [0.1, 0.15) is 0 Å². The Hall–Kier alpha value is -1.43. The van der Waals surface area contributed by atoms with Crippen molar-refractivity contribution in [3.05, 3.63) is 57.8 Å². The summed E-state index contributed by atoms with van der Waals surface area (Å²) in [5.41, 5.74) is 2.46. The fourth-order valence-electron chi connectivity index (χ4n) is 1.98. The molecular weight excluding hydrogens is 300 g/mol. The van der Waals surface area contributed by atoms with Gasteiger partial charge in [0, 0.05) is 18.5 Å². The van der Waals surface area contributed by atoms with Crippen molar-refractivity contribution in [3.63, 3.8) is 0 Å². The van der Waals surface area contributed by atoms with Crippen LogP contribution < -0.4 is 10.6 Å². The highest BCUT2D eigenvalue weighted by Crippen LogP contribution is 2.26. The number of thiocarbonyl (C=S) groups is 1. The zero-order valence-electron chi connectivity index (χ0n) is 12.3. The van der Waals surface area contributed by atoms with Gasteiger partial charge in [-0.2, -0.15) is 0 Å². The fraction of sp³-hybridized carbons (Fsp3) is 0.312. The summed E-state index contributed by atoms with van der Waals surface area (Å²) in [6, 6.07) is 12.8. The summed E-state index contributed by atoms with van der Waals surface area (Å²) in [6.45, 7) is 3.43. The third-order valence-electron chi connectivity index (χ3n) is 3.11. The smallest absolute Gasteiger partial charge is 0.167 e. The maximum atomic E-state index is 5.37. The van der Waals surface area contributed by atoms with Crippen molar-refractivity contribution in [2.45, 2.75) is 13.0 Å². The van der Waals surface area contributed by atoms with Crippen molar-refractivity contribution in [2.75, 3.05) is 20.3 Å². The second-order valence-electron chi connectivity index (χ2n) is 4.75. The number of thiophene rings is 1. The number of benzene rings is 1. The van der Waals surface area contributed by atoms with Crippen LogP contribution in [0.3, 0.4) is 0 Å². The van der Waals surface area contributed by atoms with Gasteiger partial charge in [-0.15, -0.1) is 11.3 Å². The first kappa shape index (κ1) is 15.9. The first-order valence-corrected chi connectivity index (χ1v) is 8.13. The molecule has 2 N–H and O–H groups in total. The Bertz CT molecular complexity index is 552. The van der Waals surface area contributed by atoms with E-state index < -0.39 is 0 Å².